The van der Waals surface area contributed by atoms with Crippen LogP contribution in [0.4, 0.5) is 9.59 Å². The van der Waals surface area contributed by atoms with Crippen LogP contribution in [0.15, 0.2) is 0 Å². The van der Waals surface area contributed by atoms with Crippen molar-refractivity contribution in [3.63, 3.8) is 0 Å². The van der Waals surface area contributed by atoms with Gasteiger partial charge in [-0.05, 0) is 0 Å². The molecule has 0 aromatic carbocycles. The van der Waals surface area contributed by atoms with Gasteiger partial charge in [0.25, 0.3) is 0 Å². The van der Waals surface area contributed by atoms with Crippen LogP contribution in [0.3, 0.4) is 0 Å². The van der Waals surface area contributed by atoms with Gasteiger partial charge in [-0.2, -0.15) is 0 Å². The normalized spacial score (nSPS) is 9.33. The van der Waals surface area contributed by atoms with Gasteiger partial charge in [-0.25, -0.2) is 14.4 Å². The van der Waals surface area contributed by atoms with E-state index < -0.39 is 24.8 Å². The Morgan fingerprint density at radius 1 is 0.889 bits per heavy atom. The SMILES string of the molecule is COC(=O)COC(=O)N(C)CCN(C)C(=O)OC. The summed E-state index contributed by atoms with van der Waals surface area (Å²) in [4.78, 5) is 35.7. The molecule has 0 atom stereocenters. The molecule has 0 aliphatic rings. The van der Waals surface area contributed by atoms with Gasteiger partial charge in [-0.3, -0.25) is 0 Å². The third-order valence-corrected chi connectivity index (χ3v) is 2.11. The number of ether oxygens (including phenoxy) is 3. The molecule has 0 saturated carbocycles. The number of rotatable bonds is 5. The zero-order valence-electron chi connectivity index (χ0n) is 11.0. The fraction of sp³-hybridized carbons (Fsp3) is 0.700. The maximum Gasteiger partial charge on any atom is 0.410 e. The quantitative estimate of drug-likeness (QED) is 0.509. The maximum atomic E-state index is 11.4. The molecule has 18 heavy (non-hydrogen) atoms. The molecular formula is C10H18N2O6. The Balaban J connectivity index is 3.94. The molecule has 0 bridgehead atoms. The van der Waals surface area contributed by atoms with E-state index >= 15 is 0 Å². The van der Waals surface area contributed by atoms with Crippen molar-refractivity contribution in [2.45, 2.75) is 0 Å². The molecule has 0 aromatic heterocycles. The van der Waals surface area contributed by atoms with E-state index in [0.717, 1.165) is 0 Å². The van der Waals surface area contributed by atoms with Crippen molar-refractivity contribution in [2.75, 3.05) is 48.0 Å². The lowest BCUT2D eigenvalue weighted by Crippen LogP contribution is -2.38. The van der Waals surface area contributed by atoms with Gasteiger partial charge in [0.2, 0.25) is 0 Å². The van der Waals surface area contributed by atoms with Gasteiger partial charge in [0.1, 0.15) is 0 Å². The van der Waals surface area contributed by atoms with Crippen LogP contribution in [-0.2, 0) is 19.0 Å². The molecule has 0 fully saturated rings. The molecule has 0 aliphatic heterocycles. The lowest BCUT2D eigenvalue weighted by molar-refractivity contribution is -0.144. The minimum atomic E-state index is -0.668. The van der Waals surface area contributed by atoms with E-state index in [9.17, 15) is 14.4 Å². The predicted octanol–water partition coefficient (Wildman–Crippen LogP) is -0.0740. The second kappa shape index (κ2) is 8.15. The van der Waals surface area contributed by atoms with Gasteiger partial charge < -0.3 is 24.0 Å². The third-order valence-electron chi connectivity index (χ3n) is 2.11. The number of likely N-dealkylation sites (N-methyl/N-ethyl adjacent to an activating group) is 2. The van der Waals surface area contributed by atoms with Crippen LogP contribution < -0.4 is 0 Å². The highest BCUT2D eigenvalue weighted by Crippen LogP contribution is 1.94. The minimum Gasteiger partial charge on any atom is -0.466 e. The van der Waals surface area contributed by atoms with Gasteiger partial charge in [0.05, 0.1) is 14.2 Å². The summed E-state index contributed by atoms with van der Waals surface area (Å²) in [6, 6.07) is 0. The van der Waals surface area contributed by atoms with Crippen LogP contribution in [0.1, 0.15) is 0 Å². The number of carbonyl (C=O) groups is 3. The lowest BCUT2D eigenvalue weighted by atomic mass is 10.5. The first-order chi connectivity index (χ1) is 8.42. The van der Waals surface area contributed by atoms with Gasteiger partial charge >= 0.3 is 18.2 Å². The van der Waals surface area contributed by atoms with Crippen molar-refractivity contribution >= 4 is 18.2 Å². The average Bonchev–Trinajstić information content (AvgIpc) is 2.39. The van der Waals surface area contributed by atoms with Crippen LogP contribution in [-0.4, -0.2) is 76.0 Å². The molecule has 0 rings (SSSR count). The number of nitrogens with zero attached hydrogens (tertiary/aromatic N) is 2. The largest absolute Gasteiger partial charge is 0.466 e. The number of esters is 1. The molecule has 0 N–H and O–H groups in total. The standard InChI is InChI=1S/C10H18N2O6/c1-11(9(14)17-4)5-6-12(2)10(15)18-7-8(13)16-3/h5-7H2,1-4H3. The van der Waals surface area contributed by atoms with E-state index in [-0.39, 0.29) is 13.1 Å². The highest BCUT2D eigenvalue weighted by atomic mass is 16.6. The molecule has 0 unspecified atom stereocenters. The molecule has 104 valence electrons. The first-order valence-corrected chi connectivity index (χ1v) is 5.16. The van der Waals surface area contributed by atoms with Crippen molar-refractivity contribution in [3.8, 4) is 0 Å². The Bertz CT molecular complexity index is 307. The summed E-state index contributed by atoms with van der Waals surface area (Å²) < 4.78 is 13.5. The van der Waals surface area contributed by atoms with Crippen LogP contribution >= 0.6 is 0 Å². The van der Waals surface area contributed by atoms with Crippen molar-refractivity contribution in [1.82, 2.24) is 9.80 Å². The molecule has 0 radical (unpaired) electrons. The Morgan fingerprint density at radius 2 is 1.39 bits per heavy atom. The van der Waals surface area contributed by atoms with E-state index in [1.54, 1.807) is 7.05 Å². The fourth-order valence-corrected chi connectivity index (χ4v) is 0.928. The van der Waals surface area contributed by atoms with Crippen molar-refractivity contribution in [1.29, 1.82) is 0 Å². The number of methoxy groups -OCH3 is 2. The molecule has 8 nitrogen and oxygen atoms in total. The second-order valence-corrected chi connectivity index (χ2v) is 3.44. The molecule has 0 aliphatic carbocycles. The highest BCUT2D eigenvalue weighted by Gasteiger charge is 2.14. The van der Waals surface area contributed by atoms with Gasteiger partial charge in [-0.1, -0.05) is 0 Å². The molecular weight excluding hydrogens is 244 g/mol. The van der Waals surface area contributed by atoms with Gasteiger partial charge in [0, 0.05) is 27.2 Å². The van der Waals surface area contributed by atoms with Crippen LogP contribution in [0.25, 0.3) is 0 Å². The summed E-state index contributed by atoms with van der Waals surface area (Å²) in [5.74, 6) is -0.636. The second-order valence-electron chi connectivity index (χ2n) is 3.44. The minimum absolute atomic E-state index is 0.256. The lowest BCUT2D eigenvalue weighted by Gasteiger charge is -2.20. The van der Waals surface area contributed by atoms with Crippen LogP contribution in [0, 0.1) is 0 Å². The zero-order valence-corrected chi connectivity index (χ0v) is 11.0. The molecule has 8 heteroatoms. The van der Waals surface area contributed by atoms with E-state index in [1.807, 2.05) is 0 Å². The summed E-state index contributed by atoms with van der Waals surface area (Å²) in [7, 11) is 5.50. The summed E-state index contributed by atoms with van der Waals surface area (Å²) in [5.41, 5.74) is 0. The average molecular weight is 262 g/mol. The van der Waals surface area contributed by atoms with Crippen molar-refractivity contribution in [3.05, 3.63) is 0 Å². The van der Waals surface area contributed by atoms with E-state index in [2.05, 4.69) is 14.2 Å². The van der Waals surface area contributed by atoms with Gasteiger partial charge in [0.15, 0.2) is 6.61 Å². The number of hydrogen-bond acceptors (Lipinski definition) is 6. The smallest absolute Gasteiger partial charge is 0.410 e. The molecule has 0 heterocycles. The topological polar surface area (TPSA) is 85.4 Å². The van der Waals surface area contributed by atoms with Crippen molar-refractivity contribution in [2.24, 2.45) is 0 Å². The van der Waals surface area contributed by atoms with Crippen LogP contribution in [0.5, 0.6) is 0 Å². The number of carbonyl (C=O) groups excluding carboxylic acids is 3. The first kappa shape index (κ1) is 16.0. The summed E-state index contributed by atoms with van der Waals surface area (Å²) >= 11 is 0. The molecule has 0 saturated heterocycles. The first-order valence-electron chi connectivity index (χ1n) is 5.16. The van der Waals surface area contributed by atoms with Crippen molar-refractivity contribution < 1.29 is 28.6 Å². The Labute approximate surface area is 105 Å². The Hall–Kier alpha value is -1.99. The highest BCUT2D eigenvalue weighted by molar-refractivity contribution is 5.75. The molecule has 0 spiro atoms. The van der Waals surface area contributed by atoms with Crippen LogP contribution in [0.2, 0.25) is 0 Å². The third kappa shape index (κ3) is 5.92. The Morgan fingerprint density at radius 3 is 1.83 bits per heavy atom. The summed E-state index contributed by atoms with van der Waals surface area (Å²) in [6.07, 6.45) is -1.16. The van der Waals surface area contributed by atoms with E-state index in [0.29, 0.717) is 0 Å². The van der Waals surface area contributed by atoms with Gasteiger partial charge in [-0.15, -0.1) is 0 Å². The van der Waals surface area contributed by atoms with E-state index in [1.165, 1.54) is 31.1 Å². The summed E-state index contributed by atoms with van der Waals surface area (Å²) in [6.45, 7) is 0.106. The number of amides is 2. The predicted molar refractivity (Wildman–Crippen MR) is 61.0 cm³/mol. The zero-order chi connectivity index (χ0) is 14.1. The molecule has 0 aromatic rings. The fourth-order valence-electron chi connectivity index (χ4n) is 0.928. The van der Waals surface area contributed by atoms with E-state index in [4.69, 9.17) is 0 Å². The monoisotopic (exact) mass is 262 g/mol. The number of hydrogen-bond donors (Lipinski definition) is 0. The Kier molecular flexibility index (Phi) is 7.25. The maximum absolute atomic E-state index is 11.4. The summed E-state index contributed by atoms with van der Waals surface area (Å²) in [5, 5.41) is 0. The molecule has 2 amide bonds.